The molecule has 0 unspecified atom stereocenters. The number of ether oxygens (including phenoxy) is 1. The Balaban J connectivity index is 2.33. The zero-order valence-electron chi connectivity index (χ0n) is 9.76. The van der Waals surface area contributed by atoms with E-state index in [4.69, 9.17) is 5.11 Å². The number of halogens is 3. The monoisotopic (exact) mass is 284 g/mol. The van der Waals surface area contributed by atoms with Gasteiger partial charge in [0.1, 0.15) is 11.4 Å². The van der Waals surface area contributed by atoms with Gasteiger partial charge in [0.2, 0.25) is 0 Å². The molecule has 0 amide bonds. The van der Waals surface area contributed by atoms with Gasteiger partial charge in [-0.15, -0.1) is 18.3 Å². The largest absolute Gasteiger partial charge is 0.573 e. The summed E-state index contributed by atoms with van der Waals surface area (Å²) in [6.07, 6.45) is -3.56. The van der Waals surface area contributed by atoms with Crippen LogP contribution in [0.2, 0.25) is 0 Å². The van der Waals surface area contributed by atoms with Crippen LogP contribution in [0.15, 0.2) is 36.5 Å². The van der Waals surface area contributed by atoms with Crippen molar-refractivity contribution in [2.45, 2.75) is 6.36 Å². The lowest BCUT2D eigenvalue weighted by Gasteiger charge is -2.09. The van der Waals surface area contributed by atoms with Gasteiger partial charge in [0.15, 0.2) is 0 Å². The molecule has 8 heteroatoms. The highest BCUT2D eigenvalue weighted by molar-refractivity contribution is 5.94. The molecule has 0 aliphatic heterocycles. The van der Waals surface area contributed by atoms with E-state index in [1.165, 1.54) is 24.4 Å². The first-order chi connectivity index (χ1) is 9.37. The van der Waals surface area contributed by atoms with E-state index in [0.29, 0.717) is 5.56 Å². The van der Waals surface area contributed by atoms with Gasteiger partial charge in [-0.1, -0.05) is 0 Å². The molecular formula is C12H7F3N2O3. The first-order valence-corrected chi connectivity index (χ1v) is 5.28. The van der Waals surface area contributed by atoms with Gasteiger partial charge in [-0.2, -0.15) is 5.10 Å². The lowest BCUT2D eigenvalue weighted by Crippen LogP contribution is -2.16. The Labute approximate surface area is 110 Å². The predicted octanol–water partition coefficient (Wildman–Crippen LogP) is 2.74. The minimum absolute atomic E-state index is 0.0681. The molecular weight excluding hydrogens is 277 g/mol. The number of rotatable bonds is 3. The van der Waals surface area contributed by atoms with Gasteiger partial charge in [-0.25, -0.2) is 4.79 Å². The van der Waals surface area contributed by atoms with Crippen LogP contribution in [-0.4, -0.2) is 27.6 Å². The number of alkyl halides is 3. The van der Waals surface area contributed by atoms with Crippen LogP contribution in [0.3, 0.4) is 0 Å². The Kier molecular flexibility index (Phi) is 3.55. The quantitative estimate of drug-likeness (QED) is 0.938. The molecule has 1 aromatic carbocycles. The summed E-state index contributed by atoms with van der Waals surface area (Å²) in [5, 5.41) is 16.2. The molecule has 0 aliphatic rings. The molecule has 0 atom stereocenters. The second kappa shape index (κ2) is 5.16. The number of hydrogen-bond donors (Lipinski definition) is 1. The summed E-state index contributed by atoms with van der Waals surface area (Å²) >= 11 is 0. The van der Waals surface area contributed by atoms with E-state index >= 15 is 0 Å². The Hall–Kier alpha value is -2.64. The number of carbonyl (C=O) groups is 1. The number of benzene rings is 1. The predicted molar refractivity (Wildman–Crippen MR) is 61.1 cm³/mol. The van der Waals surface area contributed by atoms with Gasteiger partial charge < -0.3 is 9.84 Å². The molecule has 1 aromatic heterocycles. The summed E-state index contributed by atoms with van der Waals surface area (Å²) in [4.78, 5) is 11.0. The highest BCUT2D eigenvalue weighted by Gasteiger charge is 2.31. The fourth-order valence-electron chi connectivity index (χ4n) is 1.53. The molecule has 0 saturated carbocycles. The molecule has 1 N–H and O–H groups in total. The van der Waals surface area contributed by atoms with E-state index in [9.17, 15) is 18.0 Å². The highest BCUT2D eigenvalue weighted by atomic mass is 19.4. The van der Waals surface area contributed by atoms with Crippen LogP contribution < -0.4 is 4.74 Å². The van der Waals surface area contributed by atoms with E-state index in [1.54, 1.807) is 0 Å². The SMILES string of the molecule is O=C(O)c1ccnnc1-c1ccc(OC(F)(F)F)cc1. The van der Waals surface area contributed by atoms with Crippen molar-refractivity contribution in [1.82, 2.24) is 10.2 Å². The summed E-state index contributed by atoms with van der Waals surface area (Å²) in [5.74, 6) is -1.60. The number of aromatic carboxylic acids is 1. The van der Waals surface area contributed by atoms with E-state index in [0.717, 1.165) is 12.1 Å². The number of carboxylic acid groups (broad SMARTS) is 1. The van der Waals surface area contributed by atoms with Crippen LogP contribution in [-0.2, 0) is 0 Å². The first-order valence-electron chi connectivity index (χ1n) is 5.28. The lowest BCUT2D eigenvalue weighted by atomic mass is 10.1. The zero-order valence-corrected chi connectivity index (χ0v) is 9.76. The van der Waals surface area contributed by atoms with Crippen LogP contribution in [0.25, 0.3) is 11.3 Å². The normalized spacial score (nSPS) is 11.2. The van der Waals surface area contributed by atoms with E-state index in [2.05, 4.69) is 14.9 Å². The van der Waals surface area contributed by atoms with Gasteiger partial charge in [0.05, 0.1) is 11.8 Å². The van der Waals surface area contributed by atoms with Crippen LogP contribution >= 0.6 is 0 Å². The van der Waals surface area contributed by atoms with Crippen LogP contribution in [0.1, 0.15) is 10.4 Å². The summed E-state index contributed by atoms with van der Waals surface area (Å²) < 4.78 is 39.8. The topological polar surface area (TPSA) is 72.3 Å². The molecule has 0 bridgehead atoms. The van der Waals surface area contributed by atoms with Crippen LogP contribution in [0.4, 0.5) is 13.2 Å². The maximum Gasteiger partial charge on any atom is 0.573 e. The molecule has 0 spiro atoms. The molecule has 5 nitrogen and oxygen atoms in total. The average molecular weight is 284 g/mol. The highest BCUT2D eigenvalue weighted by Crippen LogP contribution is 2.26. The number of hydrogen-bond acceptors (Lipinski definition) is 4. The van der Waals surface area contributed by atoms with E-state index in [1.807, 2.05) is 0 Å². The first kappa shape index (κ1) is 13.8. The van der Waals surface area contributed by atoms with Crippen molar-refractivity contribution >= 4 is 5.97 Å². The molecule has 104 valence electrons. The Morgan fingerprint density at radius 3 is 2.35 bits per heavy atom. The summed E-state index contributed by atoms with van der Waals surface area (Å²) in [6.45, 7) is 0. The molecule has 2 rings (SSSR count). The third-order valence-electron chi connectivity index (χ3n) is 2.31. The van der Waals surface area contributed by atoms with Crippen LogP contribution in [0.5, 0.6) is 5.75 Å². The van der Waals surface area contributed by atoms with Gasteiger partial charge in [-0.3, -0.25) is 0 Å². The Morgan fingerprint density at radius 2 is 1.80 bits per heavy atom. The van der Waals surface area contributed by atoms with E-state index in [-0.39, 0.29) is 11.3 Å². The minimum Gasteiger partial charge on any atom is -0.478 e. The number of nitrogens with zero attached hydrogens (tertiary/aromatic N) is 2. The standard InChI is InChI=1S/C12H7F3N2O3/c13-12(14,15)20-8-3-1-7(2-4-8)10-9(11(18)19)5-6-16-17-10/h1-6H,(H,18,19). The zero-order chi connectivity index (χ0) is 14.8. The molecule has 0 aliphatic carbocycles. The second-order valence-corrected chi connectivity index (χ2v) is 3.67. The fraction of sp³-hybridized carbons (Fsp3) is 0.0833. The molecule has 20 heavy (non-hydrogen) atoms. The number of aromatic nitrogens is 2. The van der Waals surface area contributed by atoms with Gasteiger partial charge >= 0.3 is 12.3 Å². The van der Waals surface area contributed by atoms with Gasteiger partial charge in [0.25, 0.3) is 0 Å². The average Bonchev–Trinajstić information content (AvgIpc) is 2.38. The lowest BCUT2D eigenvalue weighted by molar-refractivity contribution is -0.274. The summed E-state index contributed by atoms with van der Waals surface area (Å²) in [5.41, 5.74) is 0.299. The maximum absolute atomic E-state index is 12.0. The molecule has 1 heterocycles. The van der Waals surface area contributed by atoms with Crippen molar-refractivity contribution in [1.29, 1.82) is 0 Å². The molecule has 0 fully saturated rings. The minimum atomic E-state index is -4.78. The molecule has 2 aromatic rings. The Morgan fingerprint density at radius 1 is 1.15 bits per heavy atom. The van der Waals surface area contributed by atoms with Crippen molar-refractivity contribution in [2.75, 3.05) is 0 Å². The van der Waals surface area contributed by atoms with Crippen molar-refractivity contribution in [2.24, 2.45) is 0 Å². The van der Waals surface area contributed by atoms with E-state index < -0.39 is 18.1 Å². The summed E-state index contributed by atoms with van der Waals surface area (Å²) in [7, 11) is 0. The fourth-order valence-corrected chi connectivity index (χ4v) is 1.53. The third kappa shape index (κ3) is 3.22. The molecule has 0 saturated heterocycles. The number of carboxylic acids is 1. The van der Waals surface area contributed by atoms with Gasteiger partial charge in [-0.05, 0) is 30.3 Å². The van der Waals surface area contributed by atoms with Crippen molar-refractivity contribution in [3.63, 3.8) is 0 Å². The smallest absolute Gasteiger partial charge is 0.478 e. The van der Waals surface area contributed by atoms with Crippen molar-refractivity contribution in [3.05, 3.63) is 42.1 Å². The molecule has 0 radical (unpaired) electrons. The van der Waals surface area contributed by atoms with Crippen LogP contribution in [0, 0.1) is 0 Å². The maximum atomic E-state index is 12.0. The third-order valence-corrected chi connectivity index (χ3v) is 2.31. The van der Waals surface area contributed by atoms with Gasteiger partial charge in [0, 0.05) is 5.56 Å². The summed E-state index contributed by atoms with van der Waals surface area (Å²) in [6, 6.07) is 5.95. The Bertz CT molecular complexity index is 627. The van der Waals surface area contributed by atoms with Crippen molar-refractivity contribution < 1.29 is 27.8 Å². The van der Waals surface area contributed by atoms with Crippen molar-refractivity contribution in [3.8, 4) is 17.0 Å². The second-order valence-electron chi connectivity index (χ2n) is 3.67.